The molecule has 2 aromatic rings. The molecule has 2 N–H and O–H groups in total. The topological polar surface area (TPSA) is 69.6 Å². The molecule has 0 aliphatic rings. The summed E-state index contributed by atoms with van der Waals surface area (Å²) in [6.45, 7) is 0. The van der Waals surface area contributed by atoms with E-state index >= 15 is 0 Å². The second-order valence-corrected chi connectivity index (χ2v) is 3.76. The van der Waals surface area contributed by atoms with E-state index < -0.39 is 11.9 Å². The van der Waals surface area contributed by atoms with Crippen molar-refractivity contribution in [3.05, 3.63) is 60.7 Å². The smallest absolute Gasteiger partial charge is 0.396 e. The van der Waals surface area contributed by atoms with Crippen LogP contribution in [0, 0.1) is 0 Å². The molecule has 0 fully saturated rings. The van der Waals surface area contributed by atoms with E-state index in [0.29, 0.717) is 11.4 Å². The maximum atomic E-state index is 11.7. The minimum Gasteiger partial charge on any atom is -0.474 e. The highest BCUT2D eigenvalue weighted by Gasteiger charge is 2.22. The molecule has 5 nitrogen and oxygen atoms in total. The second-order valence-electron chi connectivity index (χ2n) is 3.76. The average Bonchev–Trinajstić information content (AvgIpc) is 2.46. The van der Waals surface area contributed by atoms with Gasteiger partial charge in [-0.2, -0.15) is 0 Å². The molecule has 96 valence electrons. The van der Waals surface area contributed by atoms with Crippen LogP contribution in [-0.2, 0) is 9.59 Å². The number of hydrogen-bond acceptors (Lipinski definition) is 3. The SMILES string of the molecule is O=C(O)C(=O)N(Nc1ccccc1)c1ccccc1. The molecule has 0 aromatic heterocycles. The van der Waals surface area contributed by atoms with Crippen LogP contribution in [0.1, 0.15) is 0 Å². The van der Waals surface area contributed by atoms with E-state index in [4.69, 9.17) is 5.11 Å². The summed E-state index contributed by atoms with van der Waals surface area (Å²) in [5.74, 6) is -2.57. The van der Waals surface area contributed by atoms with E-state index in [1.165, 1.54) is 0 Å². The summed E-state index contributed by atoms with van der Waals surface area (Å²) in [5, 5.41) is 9.86. The Morgan fingerprint density at radius 2 is 1.42 bits per heavy atom. The number of amides is 1. The fraction of sp³-hybridized carbons (Fsp3) is 0. The largest absolute Gasteiger partial charge is 0.474 e. The van der Waals surface area contributed by atoms with Gasteiger partial charge in [-0.05, 0) is 24.3 Å². The lowest BCUT2D eigenvalue weighted by Crippen LogP contribution is -2.40. The van der Waals surface area contributed by atoms with Crippen LogP contribution in [-0.4, -0.2) is 17.0 Å². The molecule has 0 aliphatic heterocycles. The maximum absolute atomic E-state index is 11.7. The average molecular weight is 256 g/mol. The number of hydrazine groups is 1. The molecule has 0 spiro atoms. The summed E-state index contributed by atoms with van der Waals surface area (Å²) >= 11 is 0. The molecule has 0 unspecified atom stereocenters. The number of hydrogen-bond donors (Lipinski definition) is 2. The summed E-state index contributed by atoms with van der Waals surface area (Å²) in [6, 6.07) is 17.4. The highest BCUT2D eigenvalue weighted by atomic mass is 16.4. The lowest BCUT2D eigenvalue weighted by Gasteiger charge is -2.22. The van der Waals surface area contributed by atoms with Crippen molar-refractivity contribution in [2.75, 3.05) is 10.4 Å². The highest BCUT2D eigenvalue weighted by molar-refractivity contribution is 6.37. The number of anilines is 2. The number of carbonyl (C=O) groups is 2. The Bertz CT molecular complexity index is 570. The molecule has 0 saturated carbocycles. The number of carboxylic acids is 1. The Hall–Kier alpha value is -2.82. The summed E-state index contributed by atoms with van der Waals surface area (Å²) in [6.07, 6.45) is 0. The fourth-order valence-electron chi connectivity index (χ4n) is 1.55. The van der Waals surface area contributed by atoms with E-state index in [2.05, 4.69) is 5.43 Å². The molecule has 0 atom stereocenters. The predicted molar refractivity (Wildman–Crippen MR) is 71.6 cm³/mol. The Labute approximate surface area is 110 Å². The Morgan fingerprint density at radius 1 is 0.895 bits per heavy atom. The first kappa shape index (κ1) is 12.6. The molecule has 0 heterocycles. The molecular weight excluding hydrogens is 244 g/mol. The monoisotopic (exact) mass is 256 g/mol. The van der Waals surface area contributed by atoms with Crippen molar-refractivity contribution in [3.63, 3.8) is 0 Å². The van der Waals surface area contributed by atoms with Gasteiger partial charge in [0.2, 0.25) is 0 Å². The van der Waals surface area contributed by atoms with Crippen LogP contribution < -0.4 is 10.4 Å². The molecule has 5 heteroatoms. The third-order valence-corrected chi connectivity index (χ3v) is 2.42. The van der Waals surface area contributed by atoms with E-state index in [9.17, 15) is 9.59 Å². The first-order valence-corrected chi connectivity index (χ1v) is 5.62. The van der Waals surface area contributed by atoms with Crippen molar-refractivity contribution < 1.29 is 14.7 Å². The van der Waals surface area contributed by atoms with Crippen molar-refractivity contribution in [1.29, 1.82) is 0 Å². The first-order chi connectivity index (χ1) is 9.18. The van der Waals surface area contributed by atoms with E-state index in [1.54, 1.807) is 54.6 Å². The molecule has 0 radical (unpaired) electrons. The zero-order valence-corrected chi connectivity index (χ0v) is 9.98. The van der Waals surface area contributed by atoms with Gasteiger partial charge < -0.3 is 5.11 Å². The van der Waals surface area contributed by atoms with Gasteiger partial charge in [0.25, 0.3) is 0 Å². The van der Waals surface area contributed by atoms with Crippen LogP contribution in [0.15, 0.2) is 60.7 Å². The summed E-state index contributed by atoms with van der Waals surface area (Å²) in [4.78, 5) is 22.6. The third kappa shape index (κ3) is 3.10. The van der Waals surface area contributed by atoms with Gasteiger partial charge in [0, 0.05) is 0 Å². The van der Waals surface area contributed by atoms with Crippen LogP contribution >= 0.6 is 0 Å². The zero-order chi connectivity index (χ0) is 13.7. The molecule has 2 rings (SSSR count). The number of carboxylic acid groups (broad SMARTS) is 1. The van der Waals surface area contributed by atoms with Gasteiger partial charge in [0.1, 0.15) is 0 Å². The molecule has 0 saturated heterocycles. The summed E-state index contributed by atoms with van der Waals surface area (Å²) in [7, 11) is 0. The normalized spacial score (nSPS) is 9.68. The molecular formula is C14H12N2O3. The molecule has 19 heavy (non-hydrogen) atoms. The maximum Gasteiger partial charge on any atom is 0.396 e. The highest BCUT2D eigenvalue weighted by Crippen LogP contribution is 2.16. The molecule has 0 bridgehead atoms. The Balaban J connectivity index is 2.30. The van der Waals surface area contributed by atoms with Crippen LogP contribution in [0.5, 0.6) is 0 Å². The van der Waals surface area contributed by atoms with Crippen LogP contribution in [0.2, 0.25) is 0 Å². The standard InChI is InChI=1S/C14H12N2O3/c17-13(14(18)19)16(12-9-5-2-6-10-12)15-11-7-3-1-4-8-11/h1-10,15H,(H,18,19). The molecule has 0 aliphatic carbocycles. The van der Waals surface area contributed by atoms with Crippen molar-refractivity contribution >= 4 is 23.3 Å². The Morgan fingerprint density at radius 3 is 1.95 bits per heavy atom. The number of para-hydroxylation sites is 2. The van der Waals surface area contributed by atoms with Gasteiger partial charge >= 0.3 is 11.9 Å². The van der Waals surface area contributed by atoms with Crippen molar-refractivity contribution in [1.82, 2.24) is 0 Å². The molecule has 1 amide bonds. The number of nitrogens with one attached hydrogen (secondary N) is 1. The van der Waals surface area contributed by atoms with Gasteiger partial charge in [-0.15, -0.1) is 0 Å². The van der Waals surface area contributed by atoms with Crippen LogP contribution in [0.25, 0.3) is 0 Å². The van der Waals surface area contributed by atoms with Gasteiger partial charge in [0.05, 0.1) is 11.4 Å². The number of rotatable bonds is 3. The number of benzene rings is 2. The second kappa shape index (κ2) is 5.68. The van der Waals surface area contributed by atoms with Gasteiger partial charge in [-0.25, -0.2) is 9.80 Å². The van der Waals surface area contributed by atoms with E-state index in [-0.39, 0.29) is 0 Å². The van der Waals surface area contributed by atoms with E-state index in [0.717, 1.165) is 5.01 Å². The number of nitrogens with zero attached hydrogens (tertiary/aromatic N) is 1. The summed E-state index contributed by atoms with van der Waals surface area (Å²) in [5.41, 5.74) is 3.86. The zero-order valence-electron chi connectivity index (χ0n) is 9.98. The number of aliphatic carboxylic acids is 1. The fourth-order valence-corrected chi connectivity index (χ4v) is 1.55. The van der Waals surface area contributed by atoms with Crippen LogP contribution in [0.3, 0.4) is 0 Å². The lowest BCUT2D eigenvalue weighted by atomic mass is 10.3. The summed E-state index contributed by atoms with van der Waals surface area (Å²) < 4.78 is 0. The lowest BCUT2D eigenvalue weighted by molar-refractivity contribution is -0.148. The van der Waals surface area contributed by atoms with Crippen LogP contribution in [0.4, 0.5) is 11.4 Å². The van der Waals surface area contributed by atoms with Gasteiger partial charge in [-0.3, -0.25) is 10.2 Å². The number of carbonyl (C=O) groups excluding carboxylic acids is 1. The van der Waals surface area contributed by atoms with Crippen molar-refractivity contribution in [2.24, 2.45) is 0 Å². The molecule has 2 aromatic carbocycles. The minimum absolute atomic E-state index is 0.457. The third-order valence-electron chi connectivity index (χ3n) is 2.42. The predicted octanol–water partition coefficient (Wildman–Crippen LogP) is 2.13. The van der Waals surface area contributed by atoms with Crippen molar-refractivity contribution in [2.45, 2.75) is 0 Å². The van der Waals surface area contributed by atoms with Gasteiger partial charge in [-0.1, -0.05) is 36.4 Å². The van der Waals surface area contributed by atoms with E-state index in [1.807, 2.05) is 6.07 Å². The Kier molecular flexibility index (Phi) is 3.78. The van der Waals surface area contributed by atoms with Crippen molar-refractivity contribution in [3.8, 4) is 0 Å². The quantitative estimate of drug-likeness (QED) is 0.652. The minimum atomic E-state index is -1.52. The van der Waals surface area contributed by atoms with Gasteiger partial charge in [0.15, 0.2) is 0 Å². The first-order valence-electron chi connectivity index (χ1n) is 5.62.